The smallest absolute Gasteiger partial charge is 0.306 e. The lowest BCUT2D eigenvalue weighted by molar-refractivity contribution is -0.137. The Morgan fingerprint density at radius 1 is 1.31 bits per heavy atom. The van der Waals surface area contributed by atoms with Gasteiger partial charge in [-0.15, -0.1) is 0 Å². The maximum atomic E-state index is 12.4. The summed E-state index contributed by atoms with van der Waals surface area (Å²) in [5.41, 5.74) is 0.434. The van der Waals surface area contributed by atoms with Gasteiger partial charge in [-0.05, 0) is 31.2 Å². The molecule has 2 nitrogen and oxygen atoms in total. The molecular weight excluding hydrogens is 217 g/mol. The molecule has 0 spiro atoms. The zero-order valence-corrected chi connectivity index (χ0v) is 8.42. The van der Waals surface area contributed by atoms with E-state index < -0.39 is 11.7 Å². The fourth-order valence-electron chi connectivity index (χ4n) is 1.33. The van der Waals surface area contributed by atoms with Crippen LogP contribution in [0, 0.1) is 13.0 Å². The third-order valence-corrected chi connectivity index (χ3v) is 2.11. The predicted molar refractivity (Wildman–Crippen MR) is 52.1 cm³/mol. The van der Waals surface area contributed by atoms with Gasteiger partial charge in [-0.3, -0.25) is 0 Å². The van der Waals surface area contributed by atoms with E-state index in [1.807, 2.05) is 0 Å². The van der Waals surface area contributed by atoms with Crippen molar-refractivity contribution >= 4 is 0 Å². The van der Waals surface area contributed by atoms with Crippen molar-refractivity contribution in [2.45, 2.75) is 13.1 Å². The minimum atomic E-state index is -4.35. The Balaban J connectivity index is 2.44. The Morgan fingerprint density at radius 2 is 2.06 bits per heavy atom. The Kier molecular flexibility index (Phi) is 2.46. The second-order valence-corrected chi connectivity index (χ2v) is 3.40. The van der Waals surface area contributed by atoms with E-state index >= 15 is 0 Å². The van der Waals surface area contributed by atoms with Gasteiger partial charge in [-0.2, -0.15) is 13.2 Å². The second kappa shape index (κ2) is 3.66. The number of alkyl halides is 3. The summed E-state index contributed by atoms with van der Waals surface area (Å²) in [7, 11) is 0. The van der Waals surface area contributed by atoms with Crippen molar-refractivity contribution in [3.63, 3.8) is 0 Å². The van der Waals surface area contributed by atoms with E-state index in [9.17, 15) is 13.2 Å². The molecule has 1 aromatic carbocycles. The summed E-state index contributed by atoms with van der Waals surface area (Å²) in [6.07, 6.45) is -1.22. The van der Waals surface area contributed by atoms with Crippen molar-refractivity contribution in [2.24, 2.45) is 0 Å². The average Bonchev–Trinajstić information content (AvgIpc) is 2.64. The van der Waals surface area contributed by atoms with Crippen molar-refractivity contribution in [1.82, 2.24) is 9.55 Å². The molecule has 0 bridgehead atoms. The van der Waals surface area contributed by atoms with Gasteiger partial charge in [-0.1, -0.05) is 0 Å². The molecule has 0 saturated heterocycles. The largest absolute Gasteiger partial charge is 0.416 e. The quantitative estimate of drug-likeness (QED) is 0.729. The van der Waals surface area contributed by atoms with Gasteiger partial charge in [0.1, 0.15) is 0 Å². The summed E-state index contributed by atoms with van der Waals surface area (Å²) < 4.78 is 38.9. The molecular formula is C11H8F3N2. The highest BCUT2D eigenvalue weighted by atomic mass is 19.4. The highest BCUT2D eigenvalue weighted by Crippen LogP contribution is 2.30. The molecule has 2 aromatic rings. The van der Waals surface area contributed by atoms with Crippen LogP contribution >= 0.6 is 0 Å². The van der Waals surface area contributed by atoms with Crippen LogP contribution in [0.3, 0.4) is 0 Å². The molecule has 0 saturated carbocycles. The molecule has 1 radical (unpaired) electrons. The van der Waals surface area contributed by atoms with Gasteiger partial charge in [-0.25, -0.2) is 4.98 Å². The second-order valence-electron chi connectivity index (χ2n) is 3.40. The van der Waals surface area contributed by atoms with Gasteiger partial charge in [0, 0.05) is 11.9 Å². The molecule has 0 aliphatic carbocycles. The van der Waals surface area contributed by atoms with Crippen LogP contribution in [-0.4, -0.2) is 9.55 Å². The number of hydrogen-bond donors (Lipinski definition) is 0. The first-order valence-electron chi connectivity index (χ1n) is 4.56. The van der Waals surface area contributed by atoms with Crippen LogP contribution in [0.2, 0.25) is 0 Å². The van der Waals surface area contributed by atoms with Crippen molar-refractivity contribution < 1.29 is 13.2 Å². The molecule has 0 fully saturated rings. The lowest BCUT2D eigenvalue weighted by Crippen LogP contribution is -2.05. The van der Waals surface area contributed by atoms with Crippen LogP contribution in [0.5, 0.6) is 0 Å². The number of halogens is 3. The molecule has 0 unspecified atom stereocenters. The minimum Gasteiger partial charge on any atom is -0.306 e. The Bertz CT molecular complexity index is 500. The summed E-state index contributed by atoms with van der Waals surface area (Å²) in [4.78, 5) is 3.95. The van der Waals surface area contributed by atoms with Crippen LogP contribution in [0.1, 0.15) is 11.3 Å². The topological polar surface area (TPSA) is 17.8 Å². The lowest BCUT2D eigenvalue weighted by atomic mass is 10.2. The Morgan fingerprint density at radius 3 is 2.62 bits per heavy atom. The van der Waals surface area contributed by atoms with Crippen molar-refractivity contribution in [3.05, 3.63) is 48.0 Å². The molecule has 0 amide bonds. The number of benzene rings is 1. The van der Waals surface area contributed by atoms with E-state index in [1.165, 1.54) is 17.0 Å². The first-order valence-corrected chi connectivity index (χ1v) is 4.56. The standard InChI is InChI=1S/C11H8F3N2/c1-8-6-16(7-15-8)10-4-2-3-9(5-10)11(12,13)14/h3-7H,1H3. The highest BCUT2D eigenvalue weighted by Gasteiger charge is 2.30. The number of aryl methyl sites for hydroxylation is 1. The molecule has 16 heavy (non-hydrogen) atoms. The van der Waals surface area contributed by atoms with Gasteiger partial charge < -0.3 is 4.57 Å². The first-order chi connectivity index (χ1) is 7.47. The molecule has 2 rings (SSSR count). The third kappa shape index (κ3) is 2.08. The molecule has 0 aliphatic rings. The average molecular weight is 225 g/mol. The van der Waals surface area contributed by atoms with Gasteiger partial charge in [0.2, 0.25) is 0 Å². The normalized spacial score (nSPS) is 11.8. The van der Waals surface area contributed by atoms with Crippen LogP contribution in [-0.2, 0) is 6.18 Å². The Labute approximate surface area is 90.4 Å². The van der Waals surface area contributed by atoms with Crippen molar-refractivity contribution in [1.29, 1.82) is 0 Å². The number of aromatic nitrogens is 2. The summed E-state index contributed by atoms with van der Waals surface area (Å²) in [6.45, 7) is 1.77. The third-order valence-electron chi connectivity index (χ3n) is 2.11. The predicted octanol–water partition coefficient (Wildman–Crippen LogP) is 3.00. The van der Waals surface area contributed by atoms with E-state index in [1.54, 1.807) is 13.1 Å². The molecule has 0 atom stereocenters. The minimum absolute atomic E-state index is 0.399. The maximum absolute atomic E-state index is 12.4. The highest BCUT2D eigenvalue weighted by molar-refractivity contribution is 5.36. The van der Waals surface area contributed by atoms with E-state index in [2.05, 4.69) is 11.1 Å². The summed E-state index contributed by atoms with van der Waals surface area (Å²) in [5.74, 6) is 0. The monoisotopic (exact) mass is 225 g/mol. The fourth-order valence-corrected chi connectivity index (χ4v) is 1.33. The van der Waals surface area contributed by atoms with Crippen molar-refractivity contribution in [3.8, 4) is 5.69 Å². The van der Waals surface area contributed by atoms with Gasteiger partial charge in [0.25, 0.3) is 0 Å². The van der Waals surface area contributed by atoms with Gasteiger partial charge >= 0.3 is 6.18 Å². The van der Waals surface area contributed by atoms with E-state index in [4.69, 9.17) is 0 Å². The zero-order valence-electron chi connectivity index (χ0n) is 8.42. The van der Waals surface area contributed by atoms with Gasteiger partial charge in [0.05, 0.1) is 17.6 Å². The van der Waals surface area contributed by atoms with E-state index in [0.29, 0.717) is 5.69 Å². The Hall–Kier alpha value is -1.78. The lowest BCUT2D eigenvalue weighted by Gasteiger charge is -2.08. The van der Waals surface area contributed by atoms with Crippen LogP contribution < -0.4 is 0 Å². The fraction of sp³-hybridized carbons (Fsp3) is 0.182. The molecule has 83 valence electrons. The number of nitrogens with zero attached hydrogens (tertiary/aromatic N) is 2. The van der Waals surface area contributed by atoms with Crippen LogP contribution in [0.15, 0.2) is 30.7 Å². The summed E-state index contributed by atoms with van der Waals surface area (Å²) in [5, 5.41) is 0. The molecule has 0 N–H and O–H groups in total. The summed E-state index contributed by atoms with van der Waals surface area (Å²) in [6, 6.07) is 5.95. The maximum Gasteiger partial charge on any atom is 0.416 e. The number of hydrogen-bond acceptors (Lipinski definition) is 1. The van der Waals surface area contributed by atoms with Crippen LogP contribution in [0.4, 0.5) is 13.2 Å². The SMILES string of the molecule is Cc1cn(-c2c[c]cc(C(F)(F)F)c2)cn1. The molecule has 1 aromatic heterocycles. The first kappa shape index (κ1) is 10.7. The number of rotatable bonds is 1. The van der Waals surface area contributed by atoms with Crippen LogP contribution in [0.25, 0.3) is 5.69 Å². The van der Waals surface area contributed by atoms with E-state index in [0.717, 1.165) is 17.8 Å². The van der Waals surface area contributed by atoms with Gasteiger partial charge in [0.15, 0.2) is 0 Å². The molecule has 5 heteroatoms. The molecule has 1 heterocycles. The van der Waals surface area contributed by atoms with Crippen molar-refractivity contribution in [2.75, 3.05) is 0 Å². The number of imidazole rings is 1. The summed E-state index contributed by atoms with van der Waals surface area (Å²) >= 11 is 0. The zero-order chi connectivity index (χ0) is 11.8. The van der Waals surface area contributed by atoms with E-state index in [-0.39, 0.29) is 0 Å². The molecule has 0 aliphatic heterocycles.